The molecule has 2 aromatic heterocycles. The number of aliphatic hydroxyl groups excluding tert-OH is 1. The number of rotatable bonds is 9. The summed E-state index contributed by atoms with van der Waals surface area (Å²) < 4.78 is 16.9. The maximum absolute atomic E-state index is 12.7. The molecule has 1 amide bonds. The van der Waals surface area contributed by atoms with Gasteiger partial charge in [-0.15, -0.1) is 0 Å². The number of ether oxygens (including phenoxy) is 3. The van der Waals surface area contributed by atoms with Crippen molar-refractivity contribution in [3.63, 3.8) is 0 Å². The monoisotopic (exact) mass is 765 g/mol. The van der Waals surface area contributed by atoms with Crippen molar-refractivity contribution in [1.29, 1.82) is 0 Å². The lowest BCUT2D eigenvalue weighted by Gasteiger charge is -2.37. The molecule has 2 saturated heterocycles. The highest BCUT2D eigenvalue weighted by molar-refractivity contribution is 6.30. The van der Waals surface area contributed by atoms with Gasteiger partial charge in [0.25, 0.3) is 0 Å². The van der Waals surface area contributed by atoms with Crippen LogP contribution < -0.4 is 9.64 Å². The molecule has 3 aromatic carbocycles. The minimum atomic E-state index is -0.687. The molecule has 0 saturated carbocycles. The average molecular weight is 766 g/mol. The lowest BCUT2D eigenvalue weighted by molar-refractivity contribution is 0.0138. The molecule has 0 bridgehead atoms. The molecule has 2 aliphatic heterocycles. The Morgan fingerprint density at radius 1 is 0.945 bits per heavy atom. The minimum absolute atomic E-state index is 0.0270. The first-order chi connectivity index (χ1) is 26.4. The number of esters is 1. The van der Waals surface area contributed by atoms with Crippen LogP contribution in [-0.2, 0) is 16.0 Å². The van der Waals surface area contributed by atoms with Crippen LogP contribution in [0.4, 0.5) is 10.5 Å². The lowest BCUT2D eigenvalue weighted by atomic mass is 9.83. The first kappa shape index (κ1) is 38.2. The number of nitrogens with zero attached hydrogens (tertiary/aromatic N) is 4. The Kier molecular flexibility index (Phi) is 11.3. The van der Waals surface area contributed by atoms with E-state index >= 15 is 0 Å². The van der Waals surface area contributed by atoms with Gasteiger partial charge in [-0.3, -0.25) is 4.90 Å². The van der Waals surface area contributed by atoms with Crippen LogP contribution in [0.3, 0.4) is 0 Å². The van der Waals surface area contributed by atoms with Crippen LogP contribution in [0.1, 0.15) is 61.2 Å². The van der Waals surface area contributed by atoms with Crippen LogP contribution in [0.15, 0.2) is 85.2 Å². The number of H-pyrrole nitrogens is 1. The number of hydrogen-bond donors (Lipinski definition) is 2. The van der Waals surface area contributed by atoms with Gasteiger partial charge in [0.1, 0.15) is 28.3 Å². The Labute approximate surface area is 326 Å². The zero-order chi connectivity index (χ0) is 38.7. The highest BCUT2D eigenvalue weighted by atomic mass is 35.5. The third-order valence-electron chi connectivity index (χ3n) is 10.3. The van der Waals surface area contributed by atoms with Crippen molar-refractivity contribution in [2.45, 2.75) is 51.9 Å². The van der Waals surface area contributed by atoms with Crippen LogP contribution in [0.25, 0.3) is 22.2 Å². The van der Waals surface area contributed by atoms with Crippen molar-refractivity contribution in [3.05, 3.63) is 107 Å². The van der Waals surface area contributed by atoms with Gasteiger partial charge in [0, 0.05) is 74.2 Å². The number of aliphatic hydroxyl groups is 1. The Balaban J connectivity index is 1.06. The van der Waals surface area contributed by atoms with Crippen LogP contribution in [0, 0.1) is 5.92 Å². The van der Waals surface area contributed by atoms with Crippen molar-refractivity contribution >= 4 is 40.4 Å². The molecule has 2 N–H and O–H groups in total. The van der Waals surface area contributed by atoms with Crippen LogP contribution >= 0.6 is 11.6 Å². The predicted octanol–water partition coefficient (Wildman–Crippen LogP) is 8.46. The van der Waals surface area contributed by atoms with Gasteiger partial charge < -0.3 is 34.1 Å². The Morgan fingerprint density at radius 3 is 2.40 bits per heavy atom. The molecular formula is C43H48ClN5O6. The zero-order valence-electron chi connectivity index (χ0n) is 31.8. The number of carbonyl (C=O) groups is 2. The summed E-state index contributed by atoms with van der Waals surface area (Å²) in [6.07, 6.45) is 4.01. The molecule has 2 aliphatic rings. The molecule has 2 fully saturated rings. The van der Waals surface area contributed by atoms with Crippen LogP contribution in [0.5, 0.6) is 11.5 Å². The second-order valence-electron chi connectivity index (χ2n) is 15.3. The average Bonchev–Trinajstić information content (AvgIpc) is 3.65. The minimum Gasteiger partial charge on any atom is -0.465 e. The van der Waals surface area contributed by atoms with Gasteiger partial charge in [0.05, 0.1) is 19.4 Å². The summed E-state index contributed by atoms with van der Waals surface area (Å²) in [5, 5.41) is 13.7. The number of amides is 1. The Bertz CT molecular complexity index is 2130. The predicted molar refractivity (Wildman–Crippen MR) is 214 cm³/mol. The van der Waals surface area contributed by atoms with Crippen molar-refractivity contribution in [1.82, 2.24) is 19.8 Å². The van der Waals surface area contributed by atoms with E-state index in [2.05, 4.69) is 38.0 Å². The summed E-state index contributed by atoms with van der Waals surface area (Å²) in [5.41, 5.74) is 5.46. The van der Waals surface area contributed by atoms with E-state index in [1.165, 1.54) is 7.11 Å². The maximum Gasteiger partial charge on any atom is 0.410 e. The zero-order valence-corrected chi connectivity index (χ0v) is 32.5. The first-order valence-electron chi connectivity index (χ1n) is 18.8. The summed E-state index contributed by atoms with van der Waals surface area (Å²) in [6.45, 7) is 10.5. The molecule has 0 spiro atoms. The molecule has 288 valence electrons. The topological polar surface area (TPSA) is 120 Å². The highest BCUT2D eigenvalue weighted by Crippen LogP contribution is 2.39. The van der Waals surface area contributed by atoms with Crippen molar-refractivity contribution in [3.8, 4) is 22.6 Å². The van der Waals surface area contributed by atoms with Crippen LogP contribution in [-0.4, -0.2) is 88.9 Å². The summed E-state index contributed by atoms with van der Waals surface area (Å²) in [7, 11) is 1.35. The SMILES string of the molecule is COC(=O)c1ccc(N2CCC(C(O)c3cc(CN4CCN(C(=O)OC(C)(C)C)CC4)ccc3-c3ccc(Cl)cc3)CC2)cc1Oc1cnc2[nH]ccc2c1. The Morgan fingerprint density at radius 2 is 1.69 bits per heavy atom. The van der Waals surface area contributed by atoms with E-state index in [-0.39, 0.29) is 12.0 Å². The molecule has 5 aromatic rings. The van der Waals surface area contributed by atoms with E-state index < -0.39 is 17.7 Å². The standard InChI is InChI=1S/C43H48ClN5O6/c1-43(2,3)55-42(52)49-21-19-47(20-22-49)27-28-5-11-35(29-6-8-32(44)9-7-29)37(23-28)39(50)30-14-17-48(18-15-30)33-10-12-36(41(51)53-4)38(25-33)54-34-24-31-13-16-45-40(31)46-26-34/h5-13,16,23-26,30,39,50H,14-15,17-22,27H2,1-4H3,(H,45,46). The number of aromatic nitrogens is 2. The number of hydrogen-bond acceptors (Lipinski definition) is 9. The summed E-state index contributed by atoms with van der Waals surface area (Å²) >= 11 is 6.25. The highest BCUT2D eigenvalue weighted by Gasteiger charge is 2.30. The van der Waals surface area contributed by atoms with E-state index in [9.17, 15) is 14.7 Å². The fourth-order valence-electron chi connectivity index (χ4n) is 7.42. The number of benzene rings is 3. The lowest BCUT2D eigenvalue weighted by Crippen LogP contribution is -2.49. The van der Waals surface area contributed by atoms with Gasteiger partial charge in [0.2, 0.25) is 0 Å². The summed E-state index contributed by atoms with van der Waals surface area (Å²) in [4.78, 5) is 39.2. The number of carbonyl (C=O) groups excluding carboxylic acids is 2. The molecule has 55 heavy (non-hydrogen) atoms. The quantitative estimate of drug-likeness (QED) is 0.142. The largest absolute Gasteiger partial charge is 0.465 e. The third kappa shape index (κ3) is 9.07. The number of piperazine rings is 1. The maximum atomic E-state index is 12.7. The molecule has 0 aliphatic carbocycles. The number of piperidine rings is 1. The van der Waals surface area contributed by atoms with E-state index in [0.717, 1.165) is 64.9 Å². The van der Waals surface area contributed by atoms with Gasteiger partial charge in [-0.2, -0.15) is 0 Å². The summed E-state index contributed by atoms with van der Waals surface area (Å²) in [5.74, 6) is 0.442. The summed E-state index contributed by atoms with van der Waals surface area (Å²) in [6, 6.07) is 23.5. The second kappa shape index (κ2) is 16.3. The molecule has 12 heteroatoms. The number of anilines is 1. The molecular weight excluding hydrogens is 718 g/mol. The normalized spacial score (nSPS) is 16.3. The first-order valence-corrected chi connectivity index (χ1v) is 19.2. The number of methoxy groups -OCH3 is 1. The van der Waals surface area contributed by atoms with E-state index in [0.29, 0.717) is 54.8 Å². The van der Waals surface area contributed by atoms with E-state index in [1.54, 1.807) is 17.2 Å². The second-order valence-corrected chi connectivity index (χ2v) is 15.7. The Hall–Kier alpha value is -5.10. The van der Waals surface area contributed by atoms with Gasteiger partial charge in [-0.05, 0) is 98.2 Å². The number of halogens is 1. The number of pyridine rings is 1. The third-order valence-corrected chi connectivity index (χ3v) is 10.6. The molecule has 7 rings (SSSR count). The molecule has 4 heterocycles. The molecule has 11 nitrogen and oxygen atoms in total. The van der Waals surface area contributed by atoms with Crippen molar-refractivity contribution < 1.29 is 28.9 Å². The fraction of sp³-hybridized carbons (Fsp3) is 0.372. The van der Waals surface area contributed by atoms with Crippen molar-refractivity contribution in [2.75, 3.05) is 51.3 Å². The number of aromatic amines is 1. The molecule has 1 atom stereocenters. The van der Waals surface area contributed by atoms with Crippen molar-refractivity contribution in [2.24, 2.45) is 5.92 Å². The van der Waals surface area contributed by atoms with Gasteiger partial charge in [-0.1, -0.05) is 41.9 Å². The van der Waals surface area contributed by atoms with Gasteiger partial charge in [0.15, 0.2) is 0 Å². The molecule has 0 radical (unpaired) electrons. The molecule has 1 unspecified atom stereocenters. The van der Waals surface area contributed by atoms with Gasteiger partial charge in [-0.25, -0.2) is 14.6 Å². The fourth-order valence-corrected chi connectivity index (χ4v) is 7.55. The smallest absolute Gasteiger partial charge is 0.410 e. The van der Waals surface area contributed by atoms with E-state index in [1.807, 2.05) is 75.5 Å². The van der Waals surface area contributed by atoms with Gasteiger partial charge >= 0.3 is 12.1 Å². The number of nitrogens with one attached hydrogen (secondary N) is 1. The van der Waals surface area contributed by atoms with E-state index in [4.69, 9.17) is 25.8 Å². The number of fused-ring (bicyclic) bond motifs is 1. The van der Waals surface area contributed by atoms with Crippen LogP contribution in [0.2, 0.25) is 5.02 Å².